The summed E-state index contributed by atoms with van der Waals surface area (Å²) in [6, 6.07) is 8.56. The van der Waals surface area contributed by atoms with Crippen LogP contribution < -0.4 is 9.47 Å². The molecule has 6 nitrogen and oxygen atoms in total. The summed E-state index contributed by atoms with van der Waals surface area (Å²) in [5.74, 6) is 1.15. The van der Waals surface area contributed by atoms with Crippen LogP contribution in [0.3, 0.4) is 0 Å². The monoisotopic (exact) mass is 570 g/mol. The van der Waals surface area contributed by atoms with Gasteiger partial charge < -0.3 is 24.4 Å². The van der Waals surface area contributed by atoms with Crippen molar-refractivity contribution in [3.8, 4) is 11.5 Å². The molecule has 2 heterocycles. The average molecular weight is 571 g/mol. The number of piperidine rings is 1. The molecule has 2 aliphatic carbocycles. The number of likely N-dealkylation sites (tertiary alicyclic amines) is 1. The molecule has 2 aromatic carbocycles. The van der Waals surface area contributed by atoms with E-state index in [1.165, 1.54) is 18.2 Å². The minimum Gasteiger partial charge on any atom is -0.493 e. The van der Waals surface area contributed by atoms with E-state index >= 15 is 0 Å². The van der Waals surface area contributed by atoms with Gasteiger partial charge in [-0.15, -0.1) is 0 Å². The van der Waals surface area contributed by atoms with Gasteiger partial charge in [-0.3, -0.25) is 4.79 Å². The van der Waals surface area contributed by atoms with Gasteiger partial charge in [0.05, 0.1) is 29.7 Å². The number of amides is 1. The lowest BCUT2D eigenvalue weighted by Gasteiger charge is -2.64. The van der Waals surface area contributed by atoms with Crippen LogP contribution in [0.15, 0.2) is 42.5 Å². The Morgan fingerprint density at radius 3 is 2.76 bits per heavy atom. The topological polar surface area (TPSA) is 62.2 Å². The largest absolute Gasteiger partial charge is 0.493 e. The summed E-state index contributed by atoms with van der Waals surface area (Å²) >= 11 is 0. The van der Waals surface area contributed by atoms with Crippen molar-refractivity contribution in [1.82, 2.24) is 9.80 Å². The Bertz CT molecular complexity index is 1390. The number of nitrogens with zero attached hydrogens (tertiary/aromatic N) is 2. The lowest BCUT2D eigenvalue weighted by Crippen LogP contribution is -2.78. The van der Waals surface area contributed by atoms with Gasteiger partial charge in [0, 0.05) is 24.2 Å². The quantitative estimate of drug-likeness (QED) is 0.492. The molecule has 2 aromatic rings. The van der Waals surface area contributed by atoms with Crippen molar-refractivity contribution in [3.63, 3.8) is 0 Å². The number of halogens is 3. The van der Waals surface area contributed by atoms with Crippen LogP contribution in [0, 0.1) is 5.92 Å². The van der Waals surface area contributed by atoms with E-state index in [0.717, 1.165) is 36.2 Å². The number of carbonyl (C=O) groups excluding carboxylic acids is 1. The molecule has 220 valence electrons. The zero-order chi connectivity index (χ0) is 29.3. The molecule has 0 aromatic heterocycles. The number of carbonyl (C=O) groups is 1. The van der Waals surface area contributed by atoms with Gasteiger partial charge in [-0.1, -0.05) is 32.0 Å². The third kappa shape index (κ3) is 4.18. The normalized spacial score (nSPS) is 30.3. The summed E-state index contributed by atoms with van der Waals surface area (Å²) in [7, 11) is 3.67. The Labute approximate surface area is 238 Å². The highest BCUT2D eigenvalue weighted by Gasteiger charge is 2.73. The lowest BCUT2D eigenvalue weighted by atomic mass is 9.48. The summed E-state index contributed by atoms with van der Waals surface area (Å²) in [6.45, 7) is 5.31. The van der Waals surface area contributed by atoms with E-state index < -0.39 is 28.9 Å². The molecule has 1 saturated carbocycles. The number of benzene rings is 2. The van der Waals surface area contributed by atoms with Crippen molar-refractivity contribution in [1.29, 1.82) is 0 Å². The Hall–Kier alpha value is -3.04. The number of ether oxygens (including phenoxy) is 2. The molecule has 41 heavy (non-hydrogen) atoms. The SMILES string of the molecule is COc1ccc2c3c1O[C@H]1[C@@H](N(CC(C)C)C(=O)C=Cc4cccc(C(F)(F)F)c4)CC[C@@]4(O)[C@@H](C2)N(C)CC[C@]314. The highest BCUT2D eigenvalue weighted by molar-refractivity contribution is 5.92. The number of hydrogen-bond acceptors (Lipinski definition) is 5. The van der Waals surface area contributed by atoms with Crippen molar-refractivity contribution in [2.75, 3.05) is 27.2 Å². The van der Waals surface area contributed by atoms with Gasteiger partial charge in [0.25, 0.3) is 0 Å². The van der Waals surface area contributed by atoms with Gasteiger partial charge in [0.2, 0.25) is 5.91 Å². The zero-order valence-corrected chi connectivity index (χ0v) is 23.9. The molecule has 2 aliphatic heterocycles. The van der Waals surface area contributed by atoms with Crippen LogP contribution in [-0.2, 0) is 22.8 Å². The smallest absolute Gasteiger partial charge is 0.416 e. The van der Waals surface area contributed by atoms with Crippen LogP contribution in [0.2, 0.25) is 0 Å². The maximum absolute atomic E-state index is 13.8. The first-order chi connectivity index (χ1) is 19.4. The third-order valence-electron chi connectivity index (χ3n) is 9.78. The molecular formula is C32H37F3N2O4. The van der Waals surface area contributed by atoms with Gasteiger partial charge in [-0.25, -0.2) is 0 Å². The summed E-state index contributed by atoms with van der Waals surface area (Å²) in [4.78, 5) is 17.9. The number of aliphatic hydroxyl groups is 1. The average Bonchev–Trinajstić information content (AvgIpc) is 3.28. The number of hydrogen-bond donors (Lipinski definition) is 1. The molecule has 1 saturated heterocycles. The first-order valence-electron chi connectivity index (χ1n) is 14.4. The standard InChI is InChI=1S/C32H37F3N2O4/c1-19(2)18-37(26(38)11-8-20-6-5-7-22(16-20)32(33,34)35)23-12-13-31(39)25-17-21-9-10-24(40-4)28-27(21)30(31,29(23)41-28)14-15-36(25)3/h5-11,16,19,23,25,29,39H,12-15,17-18H2,1-4H3/t23-,25+,29-,30-,31+/m0/s1. The van der Waals surface area contributed by atoms with E-state index in [4.69, 9.17) is 9.47 Å². The first-order valence-corrected chi connectivity index (χ1v) is 14.4. The van der Waals surface area contributed by atoms with Crippen LogP contribution in [0.1, 0.15) is 55.4 Å². The van der Waals surface area contributed by atoms with Crippen molar-refractivity contribution >= 4 is 12.0 Å². The number of methoxy groups -OCH3 is 1. The van der Waals surface area contributed by atoms with Gasteiger partial charge in [-0.05, 0) is 80.6 Å². The molecule has 1 N–H and O–H groups in total. The fourth-order valence-corrected chi connectivity index (χ4v) is 8.06. The van der Waals surface area contributed by atoms with E-state index in [1.54, 1.807) is 13.2 Å². The Kier molecular flexibility index (Phi) is 6.69. The molecule has 1 amide bonds. The number of rotatable bonds is 6. The van der Waals surface area contributed by atoms with E-state index in [-0.39, 0.29) is 23.9 Å². The summed E-state index contributed by atoms with van der Waals surface area (Å²) in [6.07, 6.45) is 0.341. The summed E-state index contributed by atoms with van der Waals surface area (Å²) in [5, 5.41) is 12.5. The molecule has 0 unspecified atom stereocenters. The predicted molar refractivity (Wildman–Crippen MR) is 149 cm³/mol. The second-order valence-electron chi connectivity index (χ2n) is 12.5. The Morgan fingerprint density at radius 2 is 2.05 bits per heavy atom. The lowest BCUT2D eigenvalue weighted by molar-refractivity contribution is -0.197. The Balaban J connectivity index is 1.40. The van der Waals surface area contributed by atoms with Crippen molar-refractivity contribution in [2.45, 2.75) is 74.9 Å². The third-order valence-corrected chi connectivity index (χ3v) is 9.78. The summed E-state index contributed by atoms with van der Waals surface area (Å²) in [5.41, 5.74) is 0.00873. The summed E-state index contributed by atoms with van der Waals surface area (Å²) < 4.78 is 52.2. The van der Waals surface area contributed by atoms with Gasteiger partial charge in [-0.2, -0.15) is 13.2 Å². The molecule has 6 rings (SSSR count). The van der Waals surface area contributed by atoms with Gasteiger partial charge >= 0.3 is 6.18 Å². The molecule has 2 bridgehead atoms. The van der Waals surface area contributed by atoms with Gasteiger partial charge in [0.15, 0.2) is 11.5 Å². The minimum atomic E-state index is -4.46. The predicted octanol–water partition coefficient (Wildman–Crippen LogP) is 5.06. The minimum absolute atomic E-state index is 0.0646. The maximum Gasteiger partial charge on any atom is 0.416 e. The van der Waals surface area contributed by atoms with Gasteiger partial charge in [0.1, 0.15) is 6.10 Å². The van der Waals surface area contributed by atoms with Crippen molar-refractivity contribution < 1.29 is 32.5 Å². The molecule has 5 atom stereocenters. The Morgan fingerprint density at radius 1 is 1.27 bits per heavy atom. The van der Waals surface area contributed by atoms with Crippen LogP contribution in [0.5, 0.6) is 11.5 Å². The van der Waals surface area contributed by atoms with Crippen LogP contribution >= 0.6 is 0 Å². The first kappa shape index (κ1) is 28.1. The van der Waals surface area contributed by atoms with Crippen LogP contribution in [0.4, 0.5) is 13.2 Å². The molecule has 1 spiro atoms. The second kappa shape index (κ2) is 9.76. The van der Waals surface area contributed by atoms with E-state index in [9.17, 15) is 23.1 Å². The van der Waals surface area contributed by atoms with Crippen LogP contribution in [0.25, 0.3) is 6.08 Å². The fraction of sp³-hybridized carbons (Fsp3) is 0.531. The van der Waals surface area contributed by atoms with E-state index in [2.05, 4.69) is 18.0 Å². The van der Waals surface area contributed by atoms with Crippen LogP contribution in [-0.4, -0.2) is 71.8 Å². The molecule has 9 heteroatoms. The molecule has 0 radical (unpaired) electrons. The number of alkyl halides is 3. The fourth-order valence-electron chi connectivity index (χ4n) is 8.06. The second-order valence-corrected chi connectivity index (χ2v) is 12.5. The highest BCUT2D eigenvalue weighted by atomic mass is 19.4. The van der Waals surface area contributed by atoms with E-state index in [1.807, 2.05) is 24.8 Å². The maximum atomic E-state index is 13.8. The zero-order valence-electron chi connectivity index (χ0n) is 23.9. The molecule has 4 aliphatic rings. The van der Waals surface area contributed by atoms with E-state index in [0.29, 0.717) is 42.9 Å². The number of likely N-dealkylation sites (N-methyl/N-ethyl adjacent to an activating group) is 1. The van der Waals surface area contributed by atoms with Crippen molar-refractivity contribution in [2.24, 2.45) is 5.92 Å². The molecule has 2 fully saturated rings. The molecular weight excluding hydrogens is 533 g/mol. The van der Waals surface area contributed by atoms with Crippen molar-refractivity contribution in [3.05, 3.63) is 64.7 Å². The highest BCUT2D eigenvalue weighted by Crippen LogP contribution is 2.65.